The monoisotopic (exact) mass is 410 g/mol. The number of pyridine rings is 1. The summed E-state index contributed by atoms with van der Waals surface area (Å²) in [6, 6.07) is 17.8. The van der Waals surface area contributed by atoms with Gasteiger partial charge in [0.2, 0.25) is 0 Å². The Morgan fingerprint density at radius 1 is 1.11 bits per heavy atom. The number of thioether (sulfide) groups is 2. The number of benzene rings is 2. The summed E-state index contributed by atoms with van der Waals surface area (Å²) in [6.07, 6.45) is 1.29. The second kappa shape index (κ2) is 8.88. The van der Waals surface area contributed by atoms with E-state index in [1.54, 1.807) is 0 Å². The summed E-state index contributed by atoms with van der Waals surface area (Å²) in [6.45, 7) is 1.91. The highest BCUT2D eigenvalue weighted by atomic mass is 32.2. The zero-order valence-electron chi connectivity index (χ0n) is 15.7. The standard InChI is InChI=1S/C22H22N2O2S2/c1-15-6-7-16-4-2-5-19(21(16)23-15)24-20(25)14-26-18-10-8-17(9-11-18)22-27-12-3-13-28-22/h2,4-11,22H,3,12-14H2,1H3,(H,24,25). The summed E-state index contributed by atoms with van der Waals surface area (Å²) in [7, 11) is 0. The zero-order valence-corrected chi connectivity index (χ0v) is 17.3. The van der Waals surface area contributed by atoms with E-state index in [1.165, 1.54) is 23.5 Å². The molecule has 3 aromatic rings. The van der Waals surface area contributed by atoms with Crippen LogP contribution in [0.1, 0.15) is 22.3 Å². The number of nitrogens with zero attached hydrogens (tertiary/aromatic N) is 1. The zero-order chi connectivity index (χ0) is 19.3. The van der Waals surface area contributed by atoms with Crippen LogP contribution in [0.15, 0.2) is 54.6 Å². The van der Waals surface area contributed by atoms with E-state index in [-0.39, 0.29) is 12.5 Å². The lowest BCUT2D eigenvalue weighted by Gasteiger charge is -2.21. The maximum atomic E-state index is 12.4. The van der Waals surface area contributed by atoms with Crippen LogP contribution in [0.3, 0.4) is 0 Å². The number of para-hydroxylation sites is 1. The first-order valence-electron chi connectivity index (χ1n) is 9.31. The summed E-state index contributed by atoms with van der Waals surface area (Å²) in [5.74, 6) is 2.95. The molecule has 1 N–H and O–H groups in total. The van der Waals surface area contributed by atoms with Crippen LogP contribution >= 0.6 is 23.5 Å². The van der Waals surface area contributed by atoms with Gasteiger partial charge in [0.15, 0.2) is 6.61 Å². The lowest BCUT2D eigenvalue weighted by atomic mass is 10.1. The molecule has 4 nitrogen and oxygen atoms in total. The fraction of sp³-hybridized carbons (Fsp3) is 0.273. The second-order valence-electron chi connectivity index (χ2n) is 6.66. The molecule has 28 heavy (non-hydrogen) atoms. The quantitative estimate of drug-likeness (QED) is 0.608. The molecule has 2 aromatic carbocycles. The van der Waals surface area contributed by atoms with Gasteiger partial charge >= 0.3 is 0 Å². The Hall–Kier alpha value is -2.18. The maximum absolute atomic E-state index is 12.4. The Morgan fingerprint density at radius 3 is 2.68 bits per heavy atom. The Bertz CT molecular complexity index is 970. The van der Waals surface area contributed by atoms with Gasteiger partial charge in [0.25, 0.3) is 5.91 Å². The molecule has 1 saturated heterocycles. The minimum atomic E-state index is -0.196. The maximum Gasteiger partial charge on any atom is 0.262 e. The number of hydrogen-bond donors (Lipinski definition) is 1. The van der Waals surface area contributed by atoms with Gasteiger partial charge in [0.05, 0.1) is 15.8 Å². The summed E-state index contributed by atoms with van der Waals surface area (Å²) in [4.78, 5) is 16.9. The topological polar surface area (TPSA) is 51.2 Å². The smallest absolute Gasteiger partial charge is 0.262 e. The first kappa shape index (κ1) is 19.2. The minimum Gasteiger partial charge on any atom is -0.484 e. The van der Waals surface area contributed by atoms with Crippen molar-refractivity contribution in [1.82, 2.24) is 4.98 Å². The highest BCUT2D eigenvalue weighted by Gasteiger charge is 2.16. The van der Waals surface area contributed by atoms with Crippen molar-refractivity contribution in [1.29, 1.82) is 0 Å². The molecular formula is C22H22N2O2S2. The Morgan fingerprint density at radius 2 is 1.89 bits per heavy atom. The molecule has 1 fully saturated rings. The van der Waals surface area contributed by atoms with Gasteiger partial charge in [-0.05, 0) is 54.7 Å². The van der Waals surface area contributed by atoms with E-state index >= 15 is 0 Å². The third-order valence-corrected chi connectivity index (χ3v) is 7.50. The number of ether oxygens (including phenoxy) is 1. The van der Waals surface area contributed by atoms with Crippen LogP contribution in [0.5, 0.6) is 5.75 Å². The SMILES string of the molecule is Cc1ccc2cccc(NC(=O)COc3ccc(C4SCCCS4)cc3)c2n1. The van der Waals surface area contributed by atoms with Crippen LogP contribution < -0.4 is 10.1 Å². The third-order valence-electron chi connectivity index (χ3n) is 4.48. The molecule has 4 rings (SSSR count). The Balaban J connectivity index is 1.36. The number of amides is 1. The normalized spacial score (nSPS) is 14.8. The van der Waals surface area contributed by atoms with Crippen LogP contribution in [0, 0.1) is 6.92 Å². The van der Waals surface area contributed by atoms with Gasteiger partial charge in [-0.15, -0.1) is 23.5 Å². The molecular weight excluding hydrogens is 388 g/mol. The van der Waals surface area contributed by atoms with Crippen molar-refractivity contribution >= 4 is 46.0 Å². The van der Waals surface area contributed by atoms with Gasteiger partial charge < -0.3 is 10.1 Å². The number of rotatable bonds is 5. The van der Waals surface area contributed by atoms with Crippen molar-refractivity contribution in [3.63, 3.8) is 0 Å². The van der Waals surface area contributed by atoms with E-state index in [9.17, 15) is 4.79 Å². The van der Waals surface area contributed by atoms with Crippen molar-refractivity contribution in [3.8, 4) is 5.75 Å². The Labute approximate surface area is 173 Å². The van der Waals surface area contributed by atoms with Crippen molar-refractivity contribution in [2.45, 2.75) is 17.9 Å². The minimum absolute atomic E-state index is 0.0333. The summed E-state index contributed by atoms with van der Waals surface area (Å²) in [5, 5.41) is 3.91. The first-order valence-corrected chi connectivity index (χ1v) is 11.4. The predicted octanol–water partition coefficient (Wildman–Crippen LogP) is 5.43. The second-order valence-corrected chi connectivity index (χ2v) is 9.39. The van der Waals surface area contributed by atoms with Gasteiger partial charge in [0, 0.05) is 11.1 Å². The molecule has 0 saturated carbocycles. The molecule has 1 amide bonds. The molecule has 0 spiro atoms. The largest absolute Gasteiger partial charge is 0.484 e. The highest BCUT2D eigenvalue weighted by molar-refractivity contribution is 8.16. The number of fused-ring (bicyclic) bond motifs is 1. The lowest BCUT2D eigenvalue weighted by molar-refractivity contribution is -0.118. The van der Waals surface area contributed by atoms with Gasteiger partial charge in [-0.2, -0.15) is 0 Å². The van der Waals surface area contributed by atoms with E-state index in [4.69, 9.17) is 4.74 Å². The molecule has 1 aliphatic heterocycles. The highest BCUT2D eigenvalue weighted by Crippen LogP contribution is 2.43. The number of hydrogen-bond acceptors (Lipinski definition) is 5. The van der Waals surface area contributed by atoms with Crippen molar-refractivity contribution < 1.29 is 9.53 Å². The molecule has 1 aromatic heterocycles. The van der Waals surface area contributed by atoms with E-state index in [1.807, 2.05) is 72.9 Å². The Kier molecular flexibility index (Phi) is 6.07. The fourth-order valence-corrected chi connectivity index (χ4v) is 5.98. The molecule has 0 unspecified atom stereocenters. The molecule has 0 radical (unpaired) electrons. The molecule has 6 heteroatoms. The average Bonchev–Trinajstić information content (AvgIpc) is 2.74. The van der Waals surface area contributed by atoms with Crippen molar-refractivity contribution in [2.75, 3.05) is 23.4 Å². The molecule has 2 heterocycles. The van der Waals surface area contributed by atoms with Gasteiger partial charge in [-0.25, -0.2) is 0 Å². The number of nitrogens with one attached hydrogen (secondary N) is 1. The van der Waals surface area contributed by atoms with Gasteiger partial charge in [0.1, 0.15) is 5.75 Å². The fourth-order valence-electron chi connectivity index (χ4n) is 3.08. The van der Waals surface area contributed by atoms with Gasteiger partial charge in [-0.3, -0.25) is 9.78 Å². The van der Waals surface area contributed by atoms with Gasteiger partial charge in [-0.1, -0.05) is 30.3 Å². The third kappa shape index (κ3) is 4.62. The number of aryl methyl sites for hydroxylation is 1. The lowest BCUT2D eigenvalue weighted by Crippen LogP contribution is -2.20. The number of aromatic nitrogens is 1. The van der Waals surface area contributed by atoms with Crippen molar-refractivity contribution in [2.24, 2.45) is 0 Å². The first-order chi connectivity index (χ1) is 13.7. The van der Waals surface area contributed by atoms with E-state index in [0.717, 1.165) is 16.6 Å². The van der Waals surface area contributed by atoms with Crippen LogP contribution in [0.2, 0.25) is 0 Å². The summed E-state index contributed by atoms with van der Waals surface area (Å²) < 4.78 is 6.18. The van der Waals surface area contributed by atoms with Crippen LogP contribution in [0.4, 0.5) is 5.69 Å². The number of carbonyl (C=O) groups is 1. The van der Waals surface area contributed by atoms with Crippen LogP contribution in [-0.4, -0.2) is 29.0 Å². The predicted molar refractivity (Wildman–Crippen MR) is 119 cm³/mol. The molecule has 144 valence electrons. The van der Waals surface area contributed by atoms with E-state index in [2.05, 4.69) is 22.4 Å². The number of anilines is 1. The molecule has 0 bridgehead atoms. The molecule has 1 aliphatic rings. The molecule has 0 atom stereocenters. The summed E-state index contributed by atoms with van der Waals surface area (Å²) in [5.41, 5.74) is 3.72. The molecule has 0 aliphatic carbocycles. The van der Waals surface area contributed by atoms with E-state index < -0.39 is 0 Å². The average molecular weight is 411 g/mol. The number of carbonyl (C=O) groups excluding carboxylic acids is 1. The van der Waals surface area contributed by atoms with Crippen LogP contribution in [-0.2, 0) is 4.79 Å². The summed E-state index contributed by atoms with van der Waals surface area (Å²) >= 11 is 3.99. The van der Waals surface area contributed by atoms with Crippen LogP contribution in [0.25, 0.3) is 10.9 Å². The van der Waals surface area contributed by atoms with Crippen molar-refractivity contribution in [3.05, 3.63) is 65.9 Å². The van der Waals surface area contributed by atoms with E-state index in [0.29, 0.717) is 16.0 Å².